The highest BCUT2D eigenvalue weighted by molar-refractivity contribution is 6.07. The van der Waals surface area contributed by atoms with E-state index in [4.69, 9.17) is 4.74 Å². The van der Waals surface area contributed by atoms with Crippen LogP contribution in [-0.2, 0) is 11.2 Å². The van der Waals surface area contributed by atoms with Gasteiger partial charge in [-0.3, -0.25) is 9.69 Å². The fourth-order valence-electron chi connectivity index (χ4n) is 3.31. The van der Waals surface area contributed by atoms with Crippen LogP contribution in [-0.4, -0.2) is 31.7 Å². The van der Waals surface area contributed by atoms with Crippen molar-refractivity contribution >= 4 is 23.4 Å². The number of anilines is 2. The maximum Gasteiger partial charge on any atom is 0.414 e. The van der Waals surface area contributed by atoms with Crippen molar-refractivity contribution in [2.24, 2.45) is 0 Å². The Kier molecular flexibility index (Phi) is 3.69. The van der Waals surface area contributed by atoms with Crippen molar-refractivity contribution in [1.29, 1.82) is 0 Å². The van der Waals surface area contributed by atoms with Crippen molar-refractivity contribution in [3.8, 4) is 0 Å². The van der Waals surface area contributed by atoms with E-state index in [1.54, 1.807) is 29.2 Å². The van der Waals surface area contributed by atoms with Crippen LogP contribution in [0.3, 0.4) is 0 Å². The fraction of sp³-hybridized carbons (Fsp3) is 0.263. The average Bonchev–Trinajstić information content (AvgIpc) is 3.07. The Labute approximate surface area is 140 Å². The van der Waals surface area contributed by atoms with E-state index in [9.17, 15) is 9.59 Å². The van der Waals surface area contributed by atoms with Gasteiger partial charge in [-0.05, 0) is 48.7 Å². The molecule has 1 fully saturated rings. The second kappa shape index (κ2) is 6.00. The molecule has 24 heavy (non-hydrogen) atoms. The molecule has 2 aromatic carbocycles. The number of hydrogen-bond acceptors (Lipinski definition) is 3. The molecule has 5 heteroatoms. The summed E-state index contributed by atoms with van der Waals surface area (Å²) in [5.41, 5.74) is 3.60. The van der Waals surface area contributed by atoms with Gasteiger partial charge in [-0.25, -0.2) is 4.79 Å². The standard InChI is InChI=1S/C19H18N2O3/c22-18(21-11-3-5-14-4-1-2-6-17(14)21)15-7-9-16(10-8-15)20-12-13-24-19(20)23/h1-2,4,6-10H,3,5,11-13H2. The normalized spacial score (nSPS) is 16.8. The van der Waals surface area contributed by atoms with Gasteiger partial charge in [-0.1, -0.05) is 18.2 Å². The van der Waals surface area contributed by atoms with E-state index in [1.165, 1.54) is 5.56 Å². The molecule has 1 saturated heterocycles. The number of para-hydroxylation sites is 1. The summed E-state index contributed by atoms with van der Waals surface area (Å²) in [4.78, 5) is 27.9. The lowest BCUT2D eigenvalue weighted by molar-refractivity contribution is 0.0985. The molecular weight excluding hydrogens is 304 g/mol. The number of carbonyl (C=O) groups is 2. The van der Waals surface area contributed by atoms with Gasteiger partial charge in [0.2, 0.25) is 0 Å². The number of carbonyl (C=O) groups excluding carboxylic acids is 2. The molecule has 2 aliphatic heterocycles. The summed E-state index contributed by atoms with van der Waals surface area (Å²) in [6, 6.07) is 15.2. The number of nitrogens with zero attached hydrogens (tertiary/aromatic N) is 2. The molecular formula is C19H18N2O3. The summed E-state index contributed by atoms with van der Waals surface area (Å²) < 4.78 is 4.94. The Morgan fingerprint density at radius 3 is 2.54 bits per heavy atom. The number of amides is 2. The Balaban J connectivity index is 1.58. The molecule has 0 radical (unpaired) electrons. The van der Waals surface area contributed by atoms with Crippen LogP contribution in [0.25, 0.3) is 0 Å². The van der Waals surface area contributed by atoms with Crippen LogP contribution >= 0.6 is 0 Å². The summed E-state index contributed by atoms with van der Waals surface area (Å²) in [7, 11) is 0. The number of fused-ring (bicyclic) bond motifs is 1. The zero-order chi connectivity index (χ0) is 16.5. The minimum Gasteiger partial charge on any atom is -0.447 e. The third-order valence-corrected chi connectivity index (χ3v) is 4.54. The van der Waals surface area contributed by atoms with Crippen molar-refractivity contribution < 1.29 is 14.3 Å². The monoisotopic (exact) mass is 322 g/mol. The third-order valence-electron chi connectivity index (χ3n) is 4.54. The van der Waals surface area contributed by atoms with Crippen molar-refractivity contribution in [2.75, 3.05) is 29.5 Å². The smallest absolute Gasteiger partial charge is 0.414 e. The Morgan fingerprint density at radius 2 is 1.79 bits per heavy atom. The highest BCUT2D eigenvalue weighted by Crippen LogP contribution is 2.28. The topological polar surface area (TPSA) is 49.9 Å². The quantitative estimate of drug-likeness (QED) is 0.853. The second-order valence-corrected chi connectivity index (χ2v) is 6.00. The molecule has 0 aromatic heterocycles. The number of ether oxygens (including phenoxy) is 1. The highest BCUT2D eigenvalue weighted by atomic mass is 16.6. The van der Waals surface area contributed by atoms with E-state index in [1.807, 2.05) is 23.1 Å². The number of cyclic esters (lactones) is 1. The van der Waals surface area contributed by atoms with E-state index in [0.29, 0.717) is 18.7 Å². The zero-order valence-corrected chi connectivity index (χ0v) is 13.3. The van der Waals surface area contributed by atoms with E-state index < -0.39 is 0 Å². The maximum absolute atomic E-state index is 12.9. The van der Waals surface area contributed by atoms with Crippen molar-refractivity contribution in [1.82, 2.24) is 0 Å². The second-order valence-electron chi connectivity index (χ2n) is 6.00. The Morgan fingerprint density at radius 1 is 1.00 bits per heavy atom. The minimum absolute atomic E-state index is 0.00213. The van der Waals surface area contributed by atoms with Gasteiger partial charge in [-0.2, -0.15) is 0 Å². The van der Waals surface area contributed by atoms with E-state index in [0.717, 1.165) is 30.8 Å². The third kappa shape index (κ3) is 2.52. The molecule has 2 heterocycles. The predicted octanol–water partition coefficient (Wildman–Crippen LogP) is 3.24. The molecule has 0 saturated carbocycles. The zero-order valence-electron chi connectivity index (χ0n) is 13.3. The first-order chi connectivity index (χ1) is 11.7. The van der Waals surface area contributed by atoms with Crippen LogP contribution in [0, 0.1) is 0 Å². The SMILES string of the molecule is O=C1OCCN1c1ccc(C(=O)N2CCCc3ccccc32)cc1. The molecule has 4 rings (SSSR count). The van der Waals surface area contributed by atoms with Gasteiger partial charge < -0.3 is 9.64 Å². The van der Waals surface area contributed by atoms with Gasteiger partial charge in [-0.15, -0.1) is 0 Å². The first-order valence-electron chi connectivity index (χ1n) is 8.18. The van der Waals surface area contributed by atoms with Gasteiger partial charge >= 0.3 is 6.09 Å². The van der Waals surface area contributed by atoms with Crippen molar-refractivity contribution in [3.05, 3.63) is 59.7 Å². The largest absolute Gasteiger partial charge is 0.447 e. The van der Waals surface area contributed by atoms with Crippen LogP contribution in [0.15, 0.2) is 48.5 Å². The van der Waals surface area contributed by atoms with Gasteiger partial charge in [0.25, 0.3) is 5.91 Å². The highest BCUT2D eigenvalue weighted by Gasteiger charge is 2.25. The van der Waals surface area contributed by atoms with Crippen LogP contribution in [0.4, 0.5) is 16.2 Å². The van der Waals surface area contributed by atoms with Crippen LogP contribution in [0.2, 0.25) is 0 Å². The van der Waals surface area contributed by atoms with Crippen molar-refractivity contribution in [3.63, 3.8) is 0 Å². The lowest BCUT2D eigenvalue weighted by atomic mass is 10.0. The lowest BCUT2D eigenvalue weighted by Gasteiger charge is -2.29. The number of aryl methyl sites for hydroxylation is 1. The summed E-state index contributed by atoms with van der Waals surface area (Å²) in [6.07, 6.45) is 1.65. The summed E-state index contributed by atoms with van der Waals surface area (Å²) in [6.45, 7) is 1.69. The molecule has 0 spiro atoms. The van der Waals surface area contributed by atoms with Gasteiger partial charge in [0.1, 0.15) is 6.61 Å². The molecule has 0 N–H and O–H groups in total. The van der Waals surface area contributed by atoms with Gasteiger partial charge in [0.15, 0.2) is 0 Å². The summed E-state index contributed by atoms with van der Waals surface area (Å²) >= 11 is 0. The molecule has 0 bridgehead atoms. The van der Waals surface area contributed by atoms with Gasteiger partial charge in [0, 0.05) is 23.5 Å². The van der Waals surface area contributed by atoms with Crippen LogP contribution in [0.5, 0.6) is 0 Å². The molecule has 0 unspecified atom stereocenters. The first-order valence-corrected chi connectivity index (χ1v) is 8.18. The number of hydrogen-bond donors (Lipinski definition) is 0. The molecule has 0 atom stereocenters. The first kappa shape index (κ1) is 14.8. The molecule has 2 amide bonds. The molecule has 2 aliphatic rings. The van der Waals surface area contributed by atoms with Crippen LogP contribution < -0.4 is 9.80 Å². The Hall–Kier alpha value is -2.82. The van der Waals surface area contributed by atoms with Crippen molar-refractivity contribution in [2.45, 2.75) is 12.8 Å². The van der Waals surface area contributed by atoms with E-state index >= 15 is 0 Å². The van der Waals surface area contributed by atoms with Crippen LogP contribution in [0.1, 0.15) is 22.3 Å². The number of rotatable bonds is 2. The average molecular weight is 322 g/mol. The van der Waals surface area contributed by atoms with Gasteiger partial charge in [0.05, 0.1) is 6.54 Å². The summed E-state index contributed by atoms with van der Waals surface area (Å²) in [5.74, 6) is -0.00213. The molecule has 122 valence electrons. The maximum atomic E-state index is 12.9. The lowest BCUT2D eigenvalue weighted by Crippen LogP contribution is -2.35. The fourth-order valence-corrected chi connectivity index (χ4v) is 3.31. The number of benzene rings is 2. The van der Waals surface area contributed by atoms with E-state index in [-0.39, 0.29) is 12.0 Å². The molecule has 2 aromatic rings. The minimum atomic E-state index is -0.334. The molecule has 0 aliphatic carbocycles. The Bertz CT molecular complexity index is 785. The van der Waals surface area contributed by atoms with E-state index in [2.05, 4.69) is 6.07 Å². The predicted molar refractivity (Wildman–Crippen MR) is 91.6 cm³/mol. The summed E-state index contributed by atoms with van der Waals surface area (Å²) in [5, 5.41) is 0. The molecule has 5 nitrogen and oxygen atoms in total.